The van der Waals surface area contributed by atoms with Gasteiger partial charge in [-0.3, -0.25) is 9.59 Å². The lowest BCUT2D eigenvalue weighted by atomic mass is 10.1. The third kappa shape index (κ3) is 5.78. The molecule has 0 aliphatic carbocycles. The smallest absolute Gasteiger partial charge is 0.259 e. The van der Waals surface area contributed by atoms with Crippen molar-refractivity contribution in [1.29, 1.82) is 0 Å². The molecule has 4 aromatic carbocycles. The van der Waals surface area contributed by atoms with E-state index in [9.17, 15) is 14.0 Å². The van der Waals surface area contributed by atoms with Crippen LogP contribution in [-0.2, 0) is 13.0 Å². The van der Waals surface area contributed by atoms with Gasteiger partial charge in [0.05, 0.1) is 32.0 Å². The number of halogens is 2. The molecule has 2 amide bonds. The first-order chi connectivity index (χ1) is 19.4. The molecule has 0 radical (unpaired) electrons. The van der Waals surface area contributed by atoms with Gasteiger partial charge in [-0.25, -0.2) is 4.39 Å². The molecule has 204 valence electrons. The molecule has 5 rings (SSSR count). The standard InChI is InChI=1S/C31H26ClFN2O4S/c1-38-26-11-7-19(15-27(26)39-2)13-14-34-30(36)20-9-12-29-25(16-20)35(18-21-8-10-22(33)17-24(21)32)31(37)23-5-3-4-6-28(23)40-29/h3-12,15-17H,13-14,18H2,1-2H3,(H,34,36). The molecule has 0 fully saturated rings. The Bertz CT molecular complexity index is 1600. The predicted octanol–water partition coefficient (Wildman–Crippen LogP) is 6.78. The predicted molar refractivity (Wildman–Crippen MR) is 155 cm³/mol. The minimum absolute atomic E-state index is 0.115. The number of carbonyl (C=O) groups excluding carboxylic acids is 2. The second kappa shape index (κ2) is 12.0. The number of hydrogen-bond donors (Lipinski definition) is 1. The van der Waals surface area contributed by atoms with Crippen molar-refractivity contribution in [3.8, 4) is 11.5 Å². The summed E-state index contributed by atoms with van der Waals surface area (Å²) in [5.74, 6) is 0.322. The first-order valence-corrected chi connectivity index (χ1v) is 13.7. The minimum atomic E-state index is -0.454. The van der Waals surface area contributed by atoms with Gasteiger partial charge in [0, 0.05) is 26.9 Å². The Morgan fingerprint density at radius 1 is 0.950 bits per heavy atom. The van der Waals surface area contributed by atoms with E-state index in [0.29, 0.717) is 46.8 Å². The average Bonchev–Trinajstić information content (AvgIpc) is 3.08. The summed E-state index contributed by atoms with van der Waals surface area (Å²) < 4.78 is 24.3. The number of methoxy groups -OCH3 is 2. The van der Waals surface area contributed by atoms with Crippen LogP contribution < -0.4 is 19.7 Å². The number of nitrogens with zero attached hydrogens (tertiary/aromatic N) is 1. The molecule has 1 aliphatic rings. The average molecular weight is 577 g/mol. The van der Waals surface area contributed by atoms with Crippen molar-refractivity contribution >= 4 is 40.9 Å². The SMILES string of the molecule is COc1ccc(CCNC(=O)c2ccc3c(c2)N(Cc2ccc(F)cc2Cl)C(=O)c2ccccc2S3)cc1OC. The number of hydrogen-bond acceptors (Lipinski definition) is 5. The van der Waals surface area contributed by atoms with Crippen LogP contribution in [0.5, 0.6) is 11.5 Å². The van der Waals surface area contributed by atoms with Gasteiger partial charge < -0.3 is 19.7 Å². The number of nitrogens with one attached hydrogen (secondary N) is 1. The topological polar surface area (TPSA) is 67.9 Å². The third-order valence-electron chi connectivity index (χ3n) is 6.59. The fourth-order valence-electron chi connectivity index (χ4n) is 4.50. The van der Waals surface area contributed by atoms with E-state index in [-0.39, 0.29) is 23.4 Å². The van der Waals surface area contributed by atoms with Crippen LogP contribution in [0.3, 0.4) is 0 Å². The van der Waals surface area contributed by atoms with E-state index < -0.39 is 5.82 Å². The summed E-state index contributed by atoms with van der Waals surface area (Å²) in [6.07, 6.45) is 0.593. The molecular formula is C31H26ClFN2O4S. The highest BCUT2D eigenvalue weighted by Gasteiger charge is 2.28. The second-order valence-electron chi connectivity index (χ2n) is 9.10. The van der Waals surface area contributed by atoms with Gasteiger partial charge in [-0.15, -0.1) is 0 Å². The Morgan fingerprint density at radius 2 is 1.75 bits per heavy atom. The molecule has 0 aromatic heterocycles. The molecule has 0 atom stereocenters. The molecule has 9 heteroatoms. The zero-order chi connectivity index (χ0) is 28.2. The third-order valence-corrected chi connectivity index (χ3v) is 8.08. The normalized spacial score (nSPS) is 12.3. The van der Waals surface area contributed by atoms with E-state index in [4.69, 9.17) is 21.1 Å². The summed E-state index contributed by atoms with van der Waals surface area (Å²) in [6, 6.07) is 22.4. The van der Waals surface area contributed by atoms with Crippen LogP contribution in [0.15, 0.2) is 88.7 Å². The van der Waals surface area contributed by atoms with Crippen LogP contribution in [0.25, 0.3) is 0 Å². The summed E-state index contributed by atoms with van der Waals surface area (Å²) in [5.41, 5.74) is 3.13. The maximum Gasteiger partial charge on any atom is 0.259 e. The number of fused-ring (bicyclic) bond motifs is 2. The molecule has 0 saturated carbocycles. The van der Waals surface area contributed by atoms with E-state index in [1.165, 1.54) is 23.9 Å². The first-order valence-electron chi connectivity index (χ1n) is 12.5. The Labute approximate surface area is 241 Å². The van der Waals surface area contributed by atoms with E-state index in [2.05, 4.69) is 5.32 Å². The van der Waals surface area contributed by atoms with Crippen molar-refractivity contribution in [2.24, 2.45) is 0 Å². The highest BCUT2D eigenvalue weighted by atomic mass is 35.5. The summed E-state index contributed by atoms with van der Waals surface area (Å²) in [5, 5.41) is 3.19. The van der Waals surface area contributed by atoms with Gasteiger partial charge in [0.1, 0.15) is 5.82 Å². The van der Waals surface area contributed by atoms with Crippen LogP contribution in [0.2, 0.25) is 5.02 Å². The molecule has 4 aromatic rings. The van der Waals surface area contributed by atoms with Gasteiger partial charge in [0.15, 0.2) is 11.5 Å². The highest BCUT2D eigenvalue weighted by Crippen LogP contribution is 2.42. The molecule has 0 saturated heterocycles. The van der Waals surface area contributed by atoms with E-state index >= 15 is 0 Å². The maximum atomic E-state index is 13.8. The zero-order valence-electron chi connectivity index (χ0n) is 21.9. The van der Waals surface area contributed by atoms with Crippen molar-refractivity contribution in [3.63, 3.8) is 0 Å². The Kier molecular flexibility index (Phi) is 8.28. The van der Waals surface area contributed by atoms with Crippen LogP contribution in [0.4, 0.5) is 10.1 Å². The number of ether oxygens (including phenoxy) is 2. The molecule has 0 spiro atoms. The van der Waals surface area contributed by atoms with E-state index in [0.717, 1.165) is 15.4 Å². The quantitative estimate of drug-likeness (QED) is 0.250. The van der Waals surface area contributed by atoms with Crippen molar-refractivity contribution in [2.45, 2.75) is 22.8 Å². The van der Waals surface area contributed by atoms with Crippen molar-refractivity contribution in [1.82, 2.24) is 5.32 Å². The lowest BCUT2D eigenvalue weighted by Gasteiger charge is -2.24. The molecule has 0 bridgehead atoms. The van der Waals surface area contributed by atoms with E-state index in [1.54, 1.807) is 43.4 Å². The van der Waals surface area contributed by atoms with Crippen LogP contribution in [0, 0.1) is 5.82 Å². The van der Waals surface area contributed by atoms with Gasteiger partial charge in [-0.05, 0) is 72.1 Å². The molecule has 0 unspecified atom stereocenters. The minimum Gasteiger partial charge on any atom is -0.493 e. The Balaban J connectivity index is 1.40. The number of benzene rings is 4. The molecule has 1 N–H and O–H groups in total. The fraction of sp³-hybridized carbons (Fsp3) is 0.161. The Morgan fingerprint density at radius 3 is 2.52 bits per heavy atom. The highest BCUT2D eigenvalue weighted by molar-refractivity contribution is 7.99. The summed E-state index contributed by atoms with van der Waals surface area (Å²) >= 11 is 7.79. The molecule has 1 aliphatic heterocycles. The number of carbonyl (C=O) groups is 2. The van der Waals surface area contributed by atoms with Gasteiger partial charge in [-0.1, -0.05) is 47.6 Å². The van der Waals surface area contributed by atoms with Crippen molar-refractivity contribution in [3.05, 3.63) is 112 Å². The van der Waals surface area contributed by atoms with E-state index in [1.807, 2.05) is 42.5 Å². The summed E-state index contributed by atoms with van der Waals surface area (Å²) in [7, 11) is 3.16. The van der Waals surface area contributed by atoms with Crippen molar-refractivity contribution < 1.29 is 23.5 Å². The number of amides is 2. The van der Waals surface area contributed by atoms with Crippen LogP contribution >= 0.6 is 23.4 Å². The monoisotopic (exact) mass is 576 g/mol. The second-order valence-corrected chi connectivity index (χ2v) is 10.6. The number of rotatable bonds is 8. The summed E-state index contributed by atoms with van der Waals surface area (Å²) in [6.45, 7) is 0.518. The molecule has 1 heterocycles. The first kappa shape index (κ1) is 27.6. The molecule has 6 nitrogen and oxygen atoms in total. The largest absolute Gasteiger partial charge is 0.493 e. The Hall–Kier alpha value is -4.01. The van der Waals surface area contributed by atoms with Crippen LogP contribution in [-0.4, -0.2) is 32.6 Å². The molecule has 40 heavy (non-hydrogen) atoms. The van der Waals surface area contributed by atoms with Gasteiger partial charge >= 0.3 is 0 Å². The van der Waals surface area contributed by atoms with Gasteiger partial charge in [0.2, 0.25) is 0 Å². The molecular weight excluding hydrogens is 551 g/mol. The summed E-state index contributed by atoms with van der Waals surface area (Å²) in [4.78, 5) is 30.1. The van der Waals surface area contributed by atoms with Crippen molar-refractivity contribution in [2.75, 3.05) is 25.7 Å². The van der Waals surface area contributed by atoms with Gasteiger partial charge in [-0.2, -0.15) is 0 Å². The van der Waals surface area contributed by atoms with Crippen LogP contribution in [0.1, 0.15) is 31.8 Å². The van der Waals surface area contributed by atoms with Gasteiger partial charge in [0.25, 0.3) is 11.8 Å². The zero-order valence-corrected chi connectivity index (χ0v) is 23.4. The lowest BCUT2D eigenvalue weighted by Crippen LogP contribution is -2.31. The maximum absolute atomic E-state index is 13.8. The number of anilines is 1. The lowest BCUT2D eigenvalue weighted by molar-refractivity contribution is 0.0950. The fourth-order valence-corrected chi connectivity index (χ4v) is 5.78.